The van der Waals surface area contributed by atoms with Gasteiger partial charge in [-0.2, -0.15) is 0 Å². The number of ether oxygens (including phenoxy) is 1. The summed E-state index contributed by atoms with van der Waals surface area (Å²) >= 11 is 6.74. The maximum absolute atomic E-state index is 12.7. The molecule has 1 aliphatic rings. The van der Waals surface area contributed by atoms with Gasteiger partial charge in [0.15, 0.2) is 17.5 Å². The molecule has 10 heteroatoms. The zero-order valence-electron chi connectivity index (χ0n) is 27.2. The fourth-order valence-corrected chi connectivity index (χ4v) is 6.36. The molecule has 0 spiro atoms. The van der Waals surface area contributed by atoms with E-state index >= 15 is 0 Å². The van der Waals surface area contributed by atoms with Gasteiger partial charge < -0.3 is 24.1 Å². The number of rotatable bonds is 8. The molecule has 1 saturated heterocycles. The first kappa shape index (κ1) is 31.8. The molecular weight excluding hydrogens is 602 g/mol. The highest BCUT2D eigenvalue weighted by molar-refractivity contribution is 6.31. The van der Waals surface area contributed by atoms with Gasteiger partial charge in [0, 0.05) is 43.8 Å². The summed E-state index contributed by atoms with van der Waals surface area (Å²) in [5.41, 5.74) is 5.67. The summed E-state index contributed by atoms with van der Waals surface area (Å²) in [5, 5.41) is 11.5. The molecule has 2 aromatic carbocycles. The lowest BCUT2D eigenvalue weighted by Gasteiger charge is -2.40. The molecule has 0 amide bonds. The Morgan fingerprint density at radius 2 is 1.78 bits per heavy atom. The molecule has 0 unspecified atom stereocenters. The topological polar surface area (TPSA) is 105 Å². The molecule has 1 aliphatic heterocycles. The molecule has 9 nitrogen and oxygen atoms in total. The number of hydrogen-bond acceptors (Lipinski definition) is 8. The number of para-hydroxylation sites is 1. The largest absolute Gasteiger partial charge is 0.479 e. The Kier molecular flexibility index (Phi) is 8.42. The first-order valence-electron chi connectivity index (χ1n) is 15.6. The standard InChI is InChI=1S/C36H40ClN5O4/c1-35(2,3)46-30(34(43)44)27-29(42-17-15-36(4,5)16-18-42)25(19-38-32(27)37)23-13-11-22(12-14-23)20-41(6)33-31-28(39-21-40-33)24-9-7-8-10-26(24)45-31/h7-14,19,21,30H,15-18,20H2,1-6H3,(H,43,44)/t30-/m0/s1. The van der Waals surface area contributed by atoms with Gasteiger partial charge in [-0.15, -0.1) is 0 Å². The van der Waals surface area contributed by atoms with E-state index in [1.165, 1.54) is 0 Å². The van der Waals surface area contributed by atoms with Crippen molar-refractivity contribution in [3.8, 4) is 11.1 Å². The van der Waals surface area contributed by atoms with E-state index in [-0.39, 0.29) is 10.6 Å². The third-order valence-corrected chi connectivity index (χ3v) is 8.92. The zero-order chi connectivity index (χ0) is 32.8. The van der Waals surface area contributed by atoms with Crippen LogP contribution in [0.1, 0.15) is 64.7 Å². The molecule has 4 heterocycles. The van der Waals surface area contributed by atoms with E-state index in [2.05, 4.69) is 45.8 Å². The quantitative estimate of drug-likeness (QED) is 0.168. The van der Waals surface area contributed by atoms with Crippen LogP contribution in [0.2, 0.25) is 5.15 Å². The van der Waals surface area contributed by atoms with Gasteiger partial charge in [0.2, 0.25) is 0 Å². The van der Waals surface area contributed by atoms with Gasteiger partial charge in [-0.25, -0.2) is 19.7 Å². The van der Waals surface area contributed by atoms with Crippen LogP contribution in [-0.4, -0.2) is 51.8 Å². The predicted octanol–water partition coefficient (Wildman–Crippen LogP) is 8.30. The van der Waals surface area contributed by atoms with E-state index in [9.17, 15) is 9.90 Å². The van der Waals surface area contributed by atoms with Crippen molar-refractivity contribution >= 4 is 51.1 Å². The number of benzene rings is 2. The second-order valence-electron chi connectivity index (χ2n) is 13.9. The van der Waals surface area contributed by atoms with Crippen LogP contribution in [0.4, 0.5) is 11.5 Å². The summed E-state index contributed by atoms with van der Waals surface area (Å²) in [6.07, 6.45) is 3.98. The number of aliphatic carboxylic acids is 1. The van der Waals surface area contributed by atoms with Gasteiger partial charge >= 0.3 is 5.97 Å². The van der Waals surface area contributed by atoms with Crippen LogP contribution in [0, 0.1) is 5.41 Å². The SMILES string of the molecule is CN(Cc1ccc(-c2cnc(Cl)c([C@H](OC(C)(C)C)C(=O)O)c2N2CCC(C)(C)CC2)cc1)c1ncnc2c1oc1ccccc12. The third kappa shape index (κ3) is 6.39. The minimum Gasteiger partial charge on any atom is -0.479 e. The number of fused-ring (bicyclic) bond motifs is 3. The smallest absolute Gasteiger partial charge is 0.337 e. The minimum absolute atomic E-state index is 0.139. The van der Waals surface area contributed by atoms with Crippen LogP contribution < -0.4 is 9.80 Å². The summed E-state index contributed by atoms with van der Waals surface area (Å²) in [5.74, 6) is -0.387. The Bertz CT molecular complexity index is 1890. The number of nitrogens with zero attached hydrogens (tertiary/aromatic N) is 5. The molecule has 0 saturated carbocycles. The zero-order valence-corrected chi connectivity index (χ0v) is 27.9. The molecular formula is C36H40ClN5O4. The first-order chi connectivity index (χ1) is 21.8. The van der Waals surface area contributed by atoms with Crippen LogP contribution in [0.5, 0.6) is 0 Å². The highest BCUT2D eigenvalue weighted by Crippen LogP contribution is 2.45. The number of aromatic nitrogens is 3. The Labute approximate surface area is 274 Å². The van der Waals surface area contributed by atoms with Crippen molar-refractivity contribution in [1.82, 2.24) is 15.0 Å². The minimum atomic E-state index is -1.28. The Hall–Kier alpha value is -4.21. The average Bonchev–Trinajstić information content (AvgIpc) is 3.39. The van der Waals surface area contributed by atoms with Gasteiger partial charge in [-0.05, 0) is 62.3 Å². The predicted molar refractivity (Wildman–Crippen MR) is 183 cm³/mol. The molecule has 1 fully saturated rings. The number of hydrogen-bond donors (Lipinski definition) is 1. The molecule has 0 aliphatic carbocycles. The number of furan rings is 1. The van der Waals surface area contributed by atoms with Crippen molar-refractivity contribution in [2.75, 3.05) is 29.9 Å². The number of halogens is 1. The molecule has 0 radical (unpaired) electrons. The van der Waals surface area contributed by atoms with Crippen molar-refractivity contribution < 1.29 is 19.1 Å². The van der Waals surface area contributed by atoms with Crippen molar-refractivity contribution in [3.63, 3.8) is 0 Å². The molecule has 46 heavy (non-hydrogen) atoms. The lowest BCUT2D eigenvalue weighted by Crippen LogP contribution is -2.39. The Balaban J connectivity index is 1.36. The number of carboxylic acid groups (broad SMARTS) is 1. The maximum atomic E-state index is 12.7. The second-order valence-corrected chi connectivity index (χ2v) is 14.2. The summed E-state index contributed by atoms with van der Waals surface area (Å²) < 4.78 is 12.3. The van der Waals surface area contributed by atoms with E-state index in [0.717, 1.165) is 64.8 Å². The van der Waals surface area contributed by atoms with Crippen LogP contribution in [0.3, 0.4) is 0 Å². The Morgan fingerprint density at radius 3 is 2.46 bits per heavy atom. The van der Waals surface area contributed by atoms with Crippen LogP contribution in [0.15, 0.2) is 65.5 Å². The maximum Gasteiger partial charge on any atom is 0.337 e. The fourth-order valence-electron chi connectivity index (χ4n) is 6.12. The van der Waals surface area contributed by atoms with Gasteiger partial charge in [-0.3, -0.25) is 0 Å². The fraction of sp³-hybridized carbons (Fsp3) is 0.389. The lowest BCUT2D eigenvalue weighted by molar-refractivity contribution is -0.160. The van der Waals surface area contributed by atoms with Crippen LogP contribution in [0.25, 0.3) is 33.2 Å². The molecule has 240 valence electrons. The number of carboxylic acids is 1. The summed E-state index contributed by atoms with van der Waals surface area (Å²) in [6.45, 7) is 12.2. The van der Waals surface area contributed by atoms with Gasteiger partial charge in [0.1, 0.15) is 22.6 Å². The Morgan fingerprint density at radius 1 is 1.09 bits per heavy atom. The molecule has 1 N–H and O–H groups in total. The normalized spacial score (nSPS) is 15.8. The van der Waals surface area contributed by atoms with Gasteiger partial charge in [0.25, 0.3) is 0 Å². The lowest BCUT2D eigenvalue weighted by atomic mass is 9.82. The van der Waals surface area contributed by atoms with E-state index in [1.807, 2.05) is 69.1 Å². The van der Waals surface area contributed by atoms with E-state index < -0.39 is 17.7 Å². The van der Waals surface area contributed by atoms with Gasteiger partial charge in [-0.1, -0.05) is 61.8 Å². The van der Waals surface area contributed by atoms with Crippen molar-refractivity contribution in [2.24, 2.45) is 5.41 Å². The van der Waals surface area contributed by atoms with Crippen LogP contribution >= 0.6 is 11.6 Å². The molecule has 1 atom stereocenters. The first-order valence-corrected chi connectivity index (χ1v) is 16.0. The van der Waals surface area contributed by atoms with E-state index in [4.69, 9.17) is 20.8 Å². The second kappa shape index (κ2) is 12.2. The number of pyridine rings is 1. The highest BCUT2D eigenvalue weighted by Gasteiger charge is 2.36. The molecule has 0 bridgehead atoms. The van der Waals surface area contributed by atoms with E-state index in [0.29, 0.717) is 23.5 Å². The number of piperidine rings is 1. The number of anilines is 2. The molecule has 6 rings (SSSR count). The van der Waals surface area contributed by atoms with Crippen molar-refractivity contribution in [1.29, 1.82) is 0 Å². The molecule has 5 aromatic rings. The van der Waals surface area contributed by atoms with Crippen LogP contribution in [-0.2, 0) is 16.1 Å². The monoisotopic (exact) mass is 641 g/mol. The summed E-state index contributed by atoms with van der Waals surface area (Å²) in [4.78, 5) is 30.5. The van der Waals surface area contributed by atoms with Gasteiger partial charge in [0.05, 0.1) is 16.9 Å². The average molecular weight is 642 g/mol. The van der Waals surface area contributed by atoms with Crippen molar-refractivity contribution in [3.05, 3.63) is 77.3 Å². The summed E-state index contributed by atoms with van der Waals surface area (Å²) in [7, 11) is 1.98. The number of carbonyl (C=O) groups is 1. The molecule has 3 aromatic heterocycles. The third-order valence-electron chi connectivity index (χ3n) is 8.62. The highest BCUT2D eigenvalue weighted by atomic mass is 35.5. The van der Waals surface area contributed by atoms with Crippen molar-refractivity contribution in [2.45, 2.75) is 65.7 Å². The van der Waals surface area contributed by atoms with E-state index in [1.54, 1.807) is 12.5 Å². The summed E-state index contributed by atoms with van der Waals surface area (Å²) in [6, 6.07) is 16.1.